The molecule has 0 amide bonds. The van der Waals surface area contributed by atoms with Crippen molar-refractivity contribution < 1.29 is 9.58 Å². The molecule has 0 bridgehead atoms. The van der Waals surface area contributed by atoms with Crippen LogP contribution in [-0.4, -0.2) is 23.3 Å². The summed E-state index contributed by atoms with van der Waals surface area (Å²) in [5.74, 6) is -0.344. The molecule has 0 saturated heterocycles. The lowest BCUT2D eigenvalue weighted by atomic mass is 9.72. The molecule has 0 unspecified atom stereocenters. The number of nitrogens with zero attached hydrogens (tertiary/aromatic N) is 2. The molecule has 2 aromatic carbocycles. The van der Waals surface area contributed by atoms with Crippen molar-refractivity contribution in [3.63, 3.8) is 0 Å². The van der Waals surface area contributed by atoms with Crippen molar-refractivity contribution in [2.24, 2.45) is 5.73 Å². The molecule has 2 N–H and O–H groups in total. The minimum absolute atomic E-state index is 0.0916. The SMILES string of the molecule is [N-]=[N+]=CC(=O)[C@](CN)(Cc1ccccc1)c1ccc(Cl)cc1. The first-order valence-electron chi connectivity index (χ1n) is 6.84. The Labute approximate surface area is 134 Å². The van der Waals surface area contributed by atoms with E-state index in [0.717, 1.165) is 17.3 Å². The second-order valence-corrected chi connectivity index (χ2v) is 5.50. The minimum Gasteiger partial charge on any atom is -0.361 e. The van der Waals surface area contributed by atoms with Gasteiger partial charge in [0, 0.05) is 11.6 Å². The molecule has 2 rings (SSSR count). The van der Waals surface area contributed by atoms with Crippen LogP contribution < -0.4 is 5.73 Å². The summed E-state index contributed by atoms with van der Waals surface area (Å²) in [6, 6.07) is 16.6. The number of benzene rings is 2. The predicted octanol–water partition coefficient (Wildman–Crippen LogP) is 2.65. The molecule has 0 aliphatic carbocycles. The summed E-state index contributed by atoms with van der Waals surface area (Å²) in [6.45, 7) is 0.0916. The van der Waals surface area contributed by atoms with Crippen molar-refractivity contribution in [2.75, 3.05) is 6.54 Å². The zero-order valence-electron chi connectivity index (χ0n) is 11.9. The zero-order chi connectivity index (χ0) is 16.0. The average Bonchev–Trinajstić information content (AvgIpc) is 2.54. The van der Waals surface area contributed by atoms with Gasteiger partial charge in [0.15, 0.2) is 0 Å². The topological polar surface area (TPSA) is 79.5 Å². The Hall–Kier alpha value is -2.26. The van der Waals surface area contributed by atoms with Gasteiger partial charge >= 0.3 is 6.21 Å². The molecule has 0 aromatic heterocycles. The third kappa shape index (κ3) is 3.31. The third-order valence-corrected chi connectivity index (χ3v) is 3.99. The smallest absolute Gasteiger partial charge is 0.324 e. The first-order chi connectivity index (χ1) is 10.6. The fourth-order valence-corrected chi connectivity index (χ4v) is 2.64. The highest BCUT2D eigenvalue weighted by atomic mass is 35.5. The summed E-state index contributed by atoms with van der Waals surface area (Å²) < 4.78 is 0. The lowest BCUT2D eigenvalue weighted by molar-refractivity contribution is -0.121. The van der Waals surface area contributed by atoms with Crippen molar-refractivity contribution in [1.82, 2.24) is 0 Å². The van der Waals surface area contributed by atoms with Crippen LogP contribution in [0.3, 0.4) is 0 Å². The van der Waals surface area contributed by atoms with Gasteiger partial charge in [-0.3, -0.25) is 4.79 Å². The average molecular weight is 314 g/mol. The quantitative estimate of drug-likeness (QED) is 0.505. The zero-order valence-corrected chi connectivity index (χ0v) is 12.7. The number of rotatable bonds is 6. The van der Waals surface area contributed by atoms with Gasteiger partial charge in [-0.25, -0.2) is 0 Å². The van der Waals surface area contributed by atoms with E-state index >= 15 is 0 Å². The van der Waals surface area contributed by atoms with Crippen LogP contribution in [0, 0.1) is 0 Å². The molecule has 112 valence electrons. The number of ketones is 1. The van der Waals surface area contributed by atoms with Crippen LogP contribution in [-0.2, 0) is 16.6 Å². The molecule has 2 aromatic rings. The number of nitrogens with two attached hydrogens (primary N) is 1. The number of hydrogen-bond acceptors (Lipinski definition) is 2. The Kier molecular flexibility index (Phi) is 5.23. The van der Waals surface area contributed by atoms with Crippen molar-refractivity contribution in [2.45, 2.75) is 11.8 Å². The summed E-state index contributed by atoms with van der Waals surface area (Å²) in [5.41, 5.74) is 15.4. The van der Waals surface area contributed by atoms with Gasteiger partial charge in [0.2, 0.25) is 5.78 Å². The molecule has 0 spiro atoms. The molecule has 1 atom stereocenters. The number of halogens is 1. The lowest BCUT2D eigenvalue weighted by Crippen LogP contribution is -2.45. The molecule has 5 heteroatoms. The van der Waals surface area contributed by atoms with Gasteiger partial charge in [-0.2, -0.15) is 4.79 Å². The maximum absolute atomic E-state index is 12.6. The van der Waals surface area contributed by atoms with Crippen molar-refractivity contribution in [3.05, 3.63) is 76.3 Å². The van der Waals surface area contributed by atoms with E-state index in [1.807, 2.05) is 30.3 Å². The van der Waals surface area contributed by atoms with E-state index in [0.29, 0.717) is 11.4 Å². The summed E-state index contributed by atoms with van der Waals surface area (Å²) in [4.78, 5) is 15.4. The molecule has 22 heavy (non-hydrogen) atoms. The van der Waals surface area contributed by atoms with E-state index in [1.54, 1.807) is 24.3 Å². The normalized spacial score (nSPS) is 13.0. The molecule has 0 fully saturated rings. The predicted molar refractivity (Wildman–Crippen MR) is 87.0 cm³/mol. The largest absolute Gasteiger partial charge is 0.361 e. The van der Waals surface area contributed by atoms with Crippen LogP contribution in [0.4, 0.5) is 0 Å². The van der Waals surface area contributed by atoms with Crippen molar-refractivity contribution >= 4 is 23.6 Å². The van der Waals surface area contributed by atoms with Gasteiger partial charge in [-0.05, 0) is 29.7 Å². The Morgan fingerprint density at radius 1 is 1.18 bits per heavy atom. The van der Waals surface area contributed by atoms with E-state index in [1.165, 1.54) is 0 Å². The lowest BCUT2D eigenvalue weighted by Gasteiger charge is -2.29. The molecule has 0 aliphatic heterocycles. The number of carbonyl (C=O) groups excluding carboxylic acids is 1. The van der Waals surface area contributed by atoms with Crippen molar-refractivity contribution in [1.29, 1.82) is 0 Å². The molecule has 0 heterocycles. The molecule has 4 nitrogen and oxygen atoms in total. The van der Waals surface area contributed by atoms with Gasteiger partial charge < -0.3 is 11.3 Å². The monoisotopic (exact) mass is 313 g/mol. The molecular formula is C17H16ClN3O. The Morgan fingerprint density at radius 2 is 1.82 bits per heavy atom. The fraction of sp³-hybridized carbons (Fsp3) is 0.176. The molecule has 0 aliphatic rings. The fourth-order valence-electron chi connectivity index (χ4n) is 2.51. The van der Waals surface area contributed by atoms with Crippen LogP contribution in [0.15, 0.2) is 54.6 Å². The van der Waals surface area contributed by atoms with Gasteiger partial charge in [-0.15, -0.1) is 0 Å². The maximum atomic E-state index is 12.6. The van der Waals surface area contributed by atoms with E-state index < -0.39 is 5.41 Å². The van der Waals surface area contributed by atoms with Gasteiger partial charge in [0.25, 0.3) is 0 Å². The molecule has 0 radical (unpaired) electrons. The van der Waals surface area contributed by atoms with E-state index in [4.69, 9.17) is 22.9 Å². The number of carbonyl (C=O) groups is 1. The van der Waals surface area contributed by atoms with Crippen LogP contribution >= 0.6 is 11.6 Å². The van der Waals surface area contributed by atoms with E-state index in [9.17, 15) is 4.79 Å². The maximum Gasteiger partial charge on any atom is 0.324 e. The highest BCUT2D eigenvalue weighted by Gasteiger charge is 2.40. The van der Waals surface area contributed by atoms with Crippen LogP contribution in [0.25, 0.3) is 5.53 Å². The third-order valence-electron chi connectivity index (χ3n) is 3.74. The van der Waals surface area contributed by atoms with Gasteiger partial charge in [-0.1, -0.05) is 54.1 Å². The van der Waals surface area contributed by atoms with Gasteiger partial charge in [0.05, 0.1) is 5.41 Å². The van der Waals surface area contributed by atoms with Crippen LogP contribution in [0.5, 0.6) is 0 Å². The standard InChI is InChI=1S/C17H16ClN3O/c18-15-8-6-14(7-9-15)17(12-19,16(22)11-21-20)10-13-4-2-1-3-5-13/h1-9,11H,10,12,19H2/t17-/m0/s1. The number of Topliss-reactive ketones (excluding diaryl/α,β-unsaturated/α-hetero) is 1. The van der Waals surface area contributed by atoms with Crippen molar-refractivity contribution in [3.8, 4) is 0 Å². The number of hydrogen-bond donors (Lipinski definition) is 1. The Bertz CT molecular complexity index is 694. The summed E-state index contributed by atoms with van der Waals surface area (Å²) in [6.07, 6.45) is 1.32. The van der Waals surface area contributed by atoms with E-state index in [-0.39, 0.29) is 12.3 Å². The Morgan fingerprint density at radius 3 is 2.36 bits per heavy atom. The minimum atomic E-state index is -0.988. The Balaban J connectivity index is 2.53. The second kappa shape index (κ2) is 7.14. The van der Waals surface area contributed by atoms with Crippen LogP contribution in [0.2, 0.25) is 5.02 Å². The van der Waals surface area contributed by atoms with Crippen LogP contribution in [0.1, 0.15) is 11.1 Å². The highest BCUT2D eigenvalue weighted by molar-refractivity contribution is 6.31. The molecule has 0 saturated carbocycles. The first kappa shape index (κ1) is 16.1. The van der Waals surface area contributed by atoms with E-state index in [2.05, 4.69) is 4.79 Å². The van der Waals surface area contributed by atoms with Gasteiger partial charge in [0.1, 0.15) is 0 Å². The summed E-state index contributed by atoms with van der Waals surface area (Å²) >= 11 is 5.92. The highest BCUT2D eigenvalue weighted by Crippen LogP contribution is 2.29. The summed E-state index contributed by atoms with van der Waals surface area (Å²) in [5, 5.41) is 0.581. The second-order valence-electron chi connectivity index (χ2n) is 5.06. The molecular weight excluding hydrogens is 298 g/mol. The summed E-state index contributed by atoms with van der Waals surface area (Å²) in [7, 11) is 0. The first-order valence-corrected chi connectivity index (χ1v) is 7.22.